The normalized spacial score (nSPS) is 19.5. The first-order valence-corrected chi connectivity index (χ1v) is 8.93. The van der Waals surface area contributed by atoms with Crippen molar-refractivity contribution in [2.75, 3.05) is 13.1 Å². The molecule has 0 saturated carbocycles. The minimum atomic E-state index is -0.360. The Morgan fingerprint density at radius 1 is 1.08 bits per heavy atom. The van der Waals surface area contributed by atoms with Gasteiger partial charge in [-0.15, -0.1) is 0 Å². The summed E-state index contributed by atoms with van der Waals surface area (Å²) in [5.74, 6) is 0.186. The van der Waals surface area contributed by atoms with Gasteiger partial charge in [0.05, 0.1) is 12.1 Å². The number of carbonyl (C=O) groups is 1. The van der Waals surface area contributed by atoms with Crippen molar-refractivity contribution >= 4 is 6.03 Å². The standard InChI is InChI=1S/C21H26N2O2/c1-15(22-21(25)23-13-12-20(14-23)16(2)24)17-8-10-19(11-9-17)18-6-4-3-5-7-18/h3-11,15-16,20,24H,12-14H2,1-2H3,(H,22,25). The number of aliphatic hydroxyl groups excluding tert-OH is 1. The fourth-order valence-corrected chi connectivity index (χ4v) is 3.32. The highest BCUT2D eigenvalue weighted by molar-refractivity contribution is 5.75. The van der Waals surface area contributed by atoms with Crippen LogP contribution in [0, 0.1) is 5.92 Å². The van der Waals surface area contributed by atoms with Crippen LogP contribution in [0.5, 0.6) is 0 Å². The van der Waals surface area contributed by atoms with Crippen molar-refractivity contribution in [3.05, 3.63) is 60.2 Å². The lowest BCUT2D eigenvalue weighted by Gasteiger charge is -2.22. The lowest BCUT2D eigenvalue weighted by Crippen LogP contribution is -2.40. The Labute approximate surface area is 149 Å². The van der Waals surface area contributed by atoms with Crippen molar-refractivity contribution in [3.8, 4) is 11.1 Å². The Balaban J connectivity index is 1.60. The van der Waals surface area contributed by atoms with E-state index in [1.165, 1.54) is 11.1 Å². The van der Waals surface area contributed by atoms with Crippen molar-refractivity contribution in [1.82, 2.24) is 10.2 Å². The van der Waals surface area contributed by atoms with Crippen LogP contribution < -0.4 is 5.32 Å². The topological polar surface area (TPSA) is 52.6 Å². The zero-order chi connectivity index (χ0) is 17.8. The summed E-state index contributed by atoms with van der Waals surface area (Å²) in [6.07, 6.45) is 0.506. The average Bonchev–Trinajstić information content (AvgIpc) is 3.13. The molecule has 3 rings (SSSR count). The number of hydrogen-bond donors (Lipinski definition) is 2. The Morgan fingerprint density at radius 3 is 2.32 bits per heavy atom. The Kier molecular flexibility index (Phi) is 5.39. The molecular formula is C21H26N2O2. The third kappa shape index (κ3) is 4.20. The Morgan fingerprint density at radius 2 is 1.72 bits per heavy atom. The van der Waals surface area contributed by atoms with Crippen molar-refractivity contribution < 1.29 is 9.90 Å². The molecule has 25 heavy (non-hydrogen) atoms. The molecule has 2 N–H and O–H groups in total. The number of carbonyl (C=O) groups excluding carboxylic acids is 1. The first-order valence-electron chi connectivity index (χ1n) is 8.93. The lowest BCUT2D eigenvalue weighted by molar-refractivity contribution is 0.129. The molecule has 0 spiro atoms. The van der Waals surface area contributed by atoms with Gasteiger partial charge in [0, 0.05) is 19.0 Å². The van der Waals surface area contributed by atoms with E-state index in [2.05, 4.69) is 41.7 Å². The summed E-state index contributed by atoms with van der Waals surface area (Å²) in [4.78, 5) is 14.2. The number of urea groups is 1. The fourth-order valence-electron chi connectivity index (χ4n) is 3.32. The van der Waals surface area contributed by atoms with Gasteiger partial charge in [-0.1, -0.05) is 54.6 Å². The molecule has 3 unspecified atom stereocenters. The van der Waals surface area contributed by atoms with Gasteiger partial charge >= 0.3 is 6.03 Å². The van der Waals surface area contributed by atoms with Gasteiger partial charge in [-0.25, -0.2) is 4.79 Å². The van der Waals surface area contributed by atoms with E-state index >= 15 is 0 Å². The average molecular weight is 338 g/mol. The molecule has 1 heterocycles. The summed E-state index contributed by atoms with van der Waals surface area (Å²) >= 11 is 0. The van der Waals surface area contributed by atoms with Crippen LogP contribution >= 0.6 is 0 Å². The molecule has 3 atom stereocenters. The van der Waals surface area contributed by atoms with Gasteiger partial charge in [0.25, 0.3) is 0 Å². The largest absolute Gasteiger partial charge is 0.393 e. The van der Waals surface area contributed by atoms with Crippen molar-refractivity contribution in [2.24, 2.45) is 5.92 Å². The monoisotopic (exact) mass is 338 g/mol. The number of nitrogens with zero attached hydrogens (tertiary/aromatic N) is 1. The maximum Gasteiger partial charge on any atom is 0.317 e. The van der Waals surface area contributed by atoms with E-state index in [9.17, 15) is 9.90 Å². The van der Waals surface area contributed by atoms with E-state index in [0.717, 1.165) is 12.0 Å². The predicted octanol–water partition coefficient (Wildman–Crippen LogP) is 3.83. The smallest absolute Gasteiger partial charge is 0.317 e. The molecule has 1 saturated heterocycles. The third-order valence-corrected chi connectivity index (χ3v) is 5.05. The molecule has 1 fully saturated rings. The van der Waals surface area contributed by atoms with E-state index < -0.39 is 0 Å². The number of likely N-dealkylation sites (tertiary alicyclic amines) is 1. The molecule has 0 bridgehead atoms. The summed E-state index contributed by atoms with van der Waals surface area (Å²) in [6, 6.07) is 18.5. The highest BCUT2D eigenvalue weighted by Crippen LogP contribution is 2.23. The highest BCUT2D eigenvalue weighted by atomic mass is 16.3. The molecule has 1 aliphatic rings. The van der Waals surface area contributed by atoms with E-state index in [-0.39, 0.29) is 24.1 Å². The van der Waals surface area contributed by atoms with Gasteiger partial charge in [-0.05, 0) is 37.0 Å². The van der Waals surface area contributed by atoms with Crippen LogP contribution in [-0.2, 0) is 0 Å². The van der Waals surface area contributed by atoms with Crippen LogP contribution in [0.2, 0.25) is 0 Å². The van der Waals surface area contributed by atoms with Crippen molar-refractivity contribution in [3.63, 3.8) is 0 Å². The van der Waals surface area contributed by atoms with Gasteiger partial charge in [-0.3, -0.25) is 0 Å². The van der Waals surface area contributed by atoms with Crippen LogP contribution in [0.25, 0.3) is 11.1 Å². The number of benzene rings is 2. The summed E-state index contributed by atoms with van der Waals surface area (Å²) in [6.45, 7) is 5.13. The molecule has 1 aliphatic heterocycles. The fraction of sp³-hybridized carbons (Fsp3) is 0.381. The van der Waals surface area contributed by atoms with Gasteiger partial charge in [-0.2, -0.15) is 0 Å². The number of rotatable bonds is 4. The van der Waals surface area contributed by atoms with E-state index in [1.54, 1.807) is 11.8 Å². The Bertz CT molecular complexity index is 698. The second kappa shape index (κ2) is 7.70. The maximum atomic E-state index is 12.4. The first kappa shape index (κ1) is 17.5. The van der Waals surface area contributed by atoms with Crippen LogP contribution in [0.15, 0.2) is 54.6 Å². The number of nitrogens with one attached hydrogen (secondary N) is 1. The minimum absolute atomic E-state index is 0.0528. The number of amides is 2. The van der Waals surface area contributed by atoms with Crippen molar-refractivity contribution in [1.29, 1.82) is 0 Å². The summed E-state index contributed by atoms with van der Waals surface area (Å²) in [7, 11) is 0. The third-order valence-electron chi connectivity index (χ3n) is 5.05. The van der Waals surface area contributed by atoms with Gasteiger partial charge < -0.3 is 15.3 Å². The molecule has 4 nitrogen and oxygen atoms in total. The predicted molar refractivity (Wildman–Crippen MR) is 100 cm³/mol. The van der Waals surface area contributed by atoms with Gasteiger partial charge in [0.2, 0.25) is 0 Å². The zero-order valence-electron chi connectivity index (χ0n) is 14.9. The minimum Gasteiger partial charge on any atom is -0.393 e. The second-order valence-corrected chi connectivity index (χ2v) is 6.89. The first-order chi connectivity index (χ1) is 12.0. The van der Waals surface area contributed by atoms with E-state index in [4.69, 9.17) is 0 Å². The molecule has 0 radical (unpaired) electrons. The van der Waals surface area contributed by atoms with Gasteiger partial charge in [0.15, 0.2) is 0 Å². The van der Waals surface area contributed by atoms with E-state index in [1.807, 2.05) is 25.1 Å². The molecule has 0 aromatic heterocycles. The molecule has 2 amide bonds. The molecule has 132 valence electrons. The lowest BCUT2D eigenvalue weighted by atomic mass is 10.0. The highest BCUT2D eigenvalue weighted by Gasteiger charge is 2.29. The van der Waals surface area contributed by atoms with Crippen LogP contribution in [0.4, 0.5) is 4.79 Å². The second-order valence-electron chi connectivity index (χ2n) is 6.89. The number of hydrogen-bond acceptors (Lipinski definition) is 2. The quantitative estimate of drug-likeness (QED) is 0.890. The summed E-state index contributed by atoms with van der Waals surface area (Å²) < 4.78 is 0. The number of aliphatic hydroxyl groups is 1. The van der Waals surface area contributed by atoms with Crippen LogP contribution in [0.3, 0.4) is 0 Å². The van der Waals surface area contributed by atoms with Crippen molar-refractivity contribution in [2.45, 2.75) is 32.4 Å². The molecule has 2 aromatic carbocycles. The molecular weight excluding hydrogens is 312 g/mol. The molecule has 2 aromatic rings. The summed E-state index contributed by atoms with van der Waals surface area (Å²) in [5, 5.41) is 12.7. The van der Waals surface area contributed by atoms with Crippen LogP contribution in [-0.4, -0.2) is 35.2 Å². The maximum absolute atomic E-state index is 12.4. The molecule has 0 aliphatic carbocycles. The van der Waals surface area contributed by atoms with Gasteiger partial charge in [0.1, 0.15) is 0 Å². The zero-order valence-corrected chi connectivity index (χ0v) is 14.9. The SMILES string of the molecule is CC(NC(=O)N1CCC(C(C)O)C1)c1ccc(-c2ccccc2)cc1. The van der Waals surface area contributed by atoms with Crippen LogP contribution in [0.1, 0.15) is 31.9 Å². The van der Waals surface area contributed by atoms with E-state index in [0.29, 0.717) is 13.1 Å². The molecule has 4 heteroatoms. The summed E-state index contributed by atoms with van der Waals surface area (Å²) in [5.41, 5.74) is 3.44. The Hall–Kier alpha value is -2.33.